The number of carbonyl (C=O) groups excluding carboxylic acids is 1. The van der Waals surface area contributed by atoms with E-state index in [0.29, 0.717) is 56.6 Å². The van der Waals surface area contributed by atoms with Crippen LogP contribution in [0.15, 0.2) is 24.5 Å². The van der Waals surface area contributed by atoms with Crippen LogP contribution in [-0.2, 0) is 9.53 Å². The highest BCUT2D eigenvalue weighted by molar-refractivity contribution is 5.87. The van der Waals surface area contributed by atoms with E-state index in [4.69, 9.17) is 9.84 Å². The van der Waals surface area contributed by atoms with E-state index < -0.39 is 17.9 Å². The van der Waals surface area contributed by atoms with E-state index in [1.807, 2.05) is 0 Å². The third-order valence-corrected chi connectivity index (χ3v) is 5.42. The second-order valence-corrected chi connectivity index (χ2v) is 7.44. The molecule has 9 nitrogen and oxygen atoms in total. The van der Waals surface area contributed by atoms with Gasteiger partial charge in [0.1, 0.15) is 11.5 Å². The quantitative estimate of drug-likeness (QED) is 0.765. The van der Waals surface area contributed by atoms with Gasteiger partial charge < -0.3 is 15.2 Å². The zero-order valence-corrected chi connectivity index (χ0v) is 16.3. The summed E-state index contributed by atoms with van der Waals surface area (Å²) in [7, 11) is 0. The predicted octanol–water partition coefficient (Wildman–Crippen LogP) is 3.08. The lowest BCUT2D eigenvalue weighted by Gasteiger charge is -2.27. The van der Waals surface area contributed by atoms with Crippen LogP contribution in [0, 0.1) is 11.7 Å². The van der Waals surface area contributed by atoms with Crippen LogP contribution in [0.2, 0.25) is 0 Å². The smallest absolute Gasteiger partial charge is 0.415 e. The molecule has 0 spiro atoms. The summed E-state index contributed by atoms with van der Waals surface area (Å²) in [6, 6.07) is 3.25. The van der Waals surface area contributed by atoms with Gasteiger partial charge >= 0.3 is 12.1 Å². The summed E-state index contributed by atoms with van der Waals surface area (Å²) >= 11 is 0. The molecule has 0 aromatic carbocycles. The minimum atomic E-state index is -0.764. The summed E-state index contributed by atoms with van der Waals surface area (Å²) < 4.78 is 19.5. The number of nitrogens with zero attached hydrogens (tertiary/aromatic N) is 4. The van der Waals surface area contributed by atoms with Crippen molar-refractivity contribution in [2.45, 2.75) is 38.1 Å². The Balaban J connectivity index is 1.52. The summed E-state index contributed by atoms with van der Waals surface area (Å²) in [6.07, 6.45) is 5.34. The lowest BCUT2D eigenvalue weighted by molar-refractivity contribution is -0.142. The molecular formula is C20H22FN5O4. The Morgan fingerprint density at radius 2 is 2.07 bits per heavy atom. The van der Waals surface area contributed by atoms with Gasteiger partial charge in [-0.25, -0.2) is 24.1 Å². The standard InChI is InChI=1S/C20H22FN5O4/c21-15-11-23-19(24-14-4-2-12(3-5-14)18(27)28)25-17(15)13-6-7-22-16(10-13)26-8-1-9-30-20(26)29/h6-7,10-12,14H,1-5,8-9H2,(H,27,28)(H,23,24,25)/t12-,14-. The third-order valence-electron chi connectivity index (χ3n) is 5.42. The maximum atomic E-state index is 14.5. The van der Waals surface area contributed by atoms with Crippen LogP contribution in [-0.4, -0.2) is 51.3 Å². The van der Waals surface area contributed by atoms with Gasteiger partial charge in [-0.2, -0.15) is 0 Å². The molecule has 2 aliphatic rings. The number of nitrogens with one attached hydrogen (secondary N) is 1. The largest absolute Gasteiger partial charge is 0.481 e. The van der Waals surface area contributed by atoms with E-state index in [2.05, 4.69) is 20.3 Å². The van der Waals surface area contributed by atoms with Gasteiger partial charge in [-0.1, -0.05) is 0 Å². The Labute approximate surface area is 172 Å². The van der Waals surface area contributed by atoms with Gasteiger partial charge in [0.05, 0.1) is 18.7 Å². The number of ether oxygens (including phenoxy) is 1. The van der Waals surface area contributed by atoms with Gasteiger partial charge in [0.25, 0.3) is 0 Å². The van der Waals surface area contributed by atoms with Crippen molar-refractivity contribution in [3.63, 3.8) is 0 Å². The molecule has 0 atom stereocenters. The number of hydrogen-bond donors (Lipinski definition) is 2. The molecule has 1 saturated heterocycles. The predicted molar refractivity (Wildman–Crippen MR) is 106 cm³/mol. The van der Waals surface area contributed by atoms with Gasteiger partial charge in [-0.05, 0) is 44.2 Å². The number of hydrogen-bond acceptors (Lipinski definition) is 7. The van der Waals surface area contributed by atoms with E-state index in [0.717, 1.165) is 6.20 Å². The fourth-order valence-electron chi connectivity index (χ4n) is 3.78. The SMILES string of the molecule is O=C1OCCCN1c1cc(-c2nc(N[C@H]3CC[C@H](C(=O)O)CC3)ncc2F)ccn1. The van der Waals surface area contributed by atoms with Crippen molar-refractivity contribution in [3.8, 4) is 11.3 Å². The first-order valence-corrected chi connectivity index (χ1v) is 9.94. The van der Waals surface area contributed by atoms with E-state index in [9.17, 15) is 14.0 Å². The van der Waals surface area contributed by atoms with Crippen molar-refractivity contribution in [1.29, 1.82) is 0 Å². The number of anilines is 2. The molecule has 4 rings (SSSR count). The van der Waals surface area contributed by atoms with Crippen LogP contribution in [0.25, 0.3) is 11.3 Å². The van der Waals surface area contributed by atoms with Crippen molar-refractivity contribution in [2.75, 3.05) is 23.4 Å². The molecule has 2 aromatic heterocycles. The van der Waals surface area contributed by atoms with Crippen molar-refractivity contribution >= 4 is 23.8 Å². The zero-order valence-electron chi connectivity index (χ0n) is 16.3. The number of carbonyl (C=O) groups is 2. The number of aliphatic carboxylic acids is 1. The van der Waals surface area contributed by atoms with Crippen LogP contribution in [0.1, 0.15) is 32.1 Å². The molecule has 1 saturated carbocycles. The first-order valence-electron chi connectivity index (χ1n) is 9.94. The fourth-order valence-corrected chi connectivity index (χ4v) is 3.78. The Morgan fingerprint density at radius 1 is 1.27 bits per heavy atom. The molecule has 2 N–H and O–H groups in total. The lowest BCUT2D eigenvalue weighted by atomic mass is 9.86. The number of pyridine rings is 1. The van der Waals surface area contributed by atoms with E-state index in [-0.39, 0.29) is 23.6 Å². The van der Waals surface area contributed by atoms with Gasteiger partial charge in [-0.15, -0.1) is 0 Å². The Morgan fingerprint density at radius 3 is 2.80 bits per heavy atom. The number of cyclic esters (lactones) is 1. The highest BCUT2D eigenvalue weighted by atomic mass is 19.1. The molecular weight excluding hydrogens is 393 g/mol. The molecule has 3 heterocycles. The maximum absolute atomic E-state index is 14.5. The first kappa shape index (κ1) is 20.0. The molecule has 0 unspecified atom stereocenters. The molecule has 0 radical (unpaired) electrons. The van der Waals surface area contributed by atoms with E-state index in [1.165, 1.54) is 11.1 Å². The normalized spacial score (nSPS) is 21.8. The van der Waals surface area contributed by atoms with Gasteiger partial charge in [0, 0.05) is 24.3 Å². The Bertz CT molecular complexity index is 949. The van der Waals surface area contributed by atoms with Crippen LogP contribution in [0.3, 0.4) is 0 Å². The molecule has 30 heavy (non-hydrogen) atoms. The molecule has 1 aliphatic carbocycles. The average molecular weight is 415 g/mol. The molecule has 1 aliphatic heterocycles. The average Bonchev–Trinajstić information content (AvgIpc) is 2.76. The van der Waals surface area contributed by atoms with Crippen LogP contribution in [0.4, 0.5) is 21.0 Å². The summed E-state index contributed by atoms with van der Waals surface area (Å²) in [4.78, 5) is 37.0. The molecule has 0 bridgehead atoms. The number of rotatable bonds is 5. The van der Waals surface area contributed by atoms with Gasteiger partial charge in [-0.3, -0.25) is 9.69 Å². The van der Waals surface area contributed by atoms with E-state index >= 15 is 0 Å². The van der Waals surface area contributed by atoms with Crippen molar-refractivity contribution in [2.24, 2.45) is 5.92 Å². The van der Waals surface area contributed by atoms with Crippen molar-refractivity contribution in [3.05, 3.63) is 30.3 Å². The number of carboxylic acid groups (broad SMARTS) is 1. The van der Waals surface area contributed by atoms with E-state index in [1.54, 1.807) is 12.1 Å². The second-order valence-electron chi connectivity index (χ2n) is 7.44. The molecule has 10 heteroatoms. The zero-order chi connectivity index (χ0) is 21.1. The highest BCUT2D eigenvalue weighted by Gasteiger charge is 2.27. The van der Waals surface area contributed by atoms with Crippen LogP contribution in [0.5, 0.6) is 0 Å². The summed E-state index contributed by atoms with van der Waals surface area (Å²) in [5.74, 6) is -1.02. The minimum Gasteiger partial charge on any atom is -0.481 e. The Hall–Kier alpha value is -3.30. The van der Waals surface area contributed by atoms with Gasteiger partial charge in [0.2, 0.25) is 5.95 Å². The molecule has 1 amide bonds. The number of aromatic nitrogens is 3. The summed E-state index contributed by atoms with van der Waals surface area (Å²) in [5, 5.41) is 12.3. The monoisotopic (exact) mass is 415 g/mol. The van der Waals surface area contributed by atoms with Crippen LogP contribution >= 0.6 is 0 Å². The minimum absolute atomic E-state index is 0.0371. The number of amides is 1. The lowest BCUT2D eigenvalue weighted by Crippen LogP contribution is -2.38. The first-order chi connectivity index (χ1) is 14.5. The summed E-state index contributed by atoms with van der Waals surface area (Å²) in [6.45, 7) is 0.854. The Kier molecular flexibility index (Phi) is 5.73. The number of halogens is 1. The van der Waals surface area contributed by atoms with Gasteiger partial charge in [0.15, 0.2) is 5.82 Å². The molecule has 2 aromatic rings. The topological polar surface area (TPSA) is 118 Å². The molecule has 158 valence electrons. The third kappa shape index (κ3) is 4.32. The fraction of sp³-hybridized carbons (Fsp3) is 0.450. The van der Waals surface area contributed by atoms with Crippen molar-refractivity contribution < 1.29 is 23.8 Å². The molecule has 2 fully saturated rings. The number of carboxylic acids is 1. The van der Waals surface area contributed by atoms with Crippen molar-refractivity contribution in [1.82, 2.24) is 15.0 Å². The van der Waals surface area contributed by atoms with Crippen LogP contribution < -0.4 is 10.2 Å². The summed E-state index contributed by atoms with van der Waals surface area (Å²) in [5.41, 5.74) is 0.566. The maximum Gasteiger partial charge on any atom is 0.415 e. The second kappa shape index (κ2) is 8.60. The highest BCUT2D eigenvalue weighted by Crippen LogP contribution is 2.28.